The second-order valence-corrected chi connectivity index (χ2v) is 9.08. The monoisotopic (exact) mass is 450 g/mol. The van der Waals surface area contributed by atoms with Crippen LogP contribution in [-0.4, -0.2) is 46.1 Å². The van der Waals surface area contributed by atoms with Crippen LogP contribution in [0.3, 0.4) is 0 Å². The molecule has 3 aromatic rings. The normalized spacial score (nSPS) is 20.3. The first kappa shape index (κ1) is 20.6. The molecular weight excluding hydrogens is 423 g/mol. The van der Waals surface area contributed by atoms with Gasteiger partial charge in [-0.25, -0.2) is 9.37 Å². The zero-order valence-electron chi connectivity index (χ0n) is 18.3. The van der Waals surface area contributed by atoms with Crippen molar-refractivity contribution in [1.82, 2.24) is 25.1 Å². The highest BCUT2D eigenvalue weighted by Crippen LogP contribution is 2.40. The number of hydrogen-bond acceptors (Lipinski definition) is 7. The summed E-state index contributed by atoms with van der Waals surface area (Å²) in [6.45, 7) is 2.09. The number of aromatic nitrogens is 4. The minimum atomic E-state index is -1.40. The van der Waals surface area contributed by atoms with Crippen molar-refractivity contribution in [2.75, 3.05) is 31.6 Å². The Morgan fingerprint density at radius 3 is 2.67 bits per heavy atom. The van der Waals surface area contributed by atoms with Crippen molar-refractivity contribution in [3.8, 4) is 11.5 Å². The molecule has 1 aliphatic carbocycles. The number of hydrogen-bond donors (Lipinski definition) is 2. The van der Waals surface area contributed by atoms with Gasteiger partial charge in [0.2, 0.25) is 0 Å². The number of anilines is 2. The smallest absolute Gasteiger partial charge is 0.177 e. The van der Waals surface area contributed by atoms with Gasteiger partial charge in [-0.2, -0.15) is 5.10 Å². The van der Waals surface area contributed by atoms with E-state index < -0.39 is 5.67 Å². The van der Waals surface area contributed by atoms with Crippen LogP contribution in [0.25, 0.3) is 0 Å². The van der Waals surface area contributed by atoms with Crippen LogP contribution < -0.4 is 15.4 Å². The Bertz CT molecular complexity index is 1140. The van der Waals surface area contributed by atoms with Gasteiger partial charge in [0.25, 0.3) is 0 Å². The maximum atomic E-state index is 14.7. The van der Waals surface area contributed by atoms with Gasteiger partial charge in [0.1, 0.15) is 17.3 Å². The van der Waals surface area contributed by atoms with Crippen molar-refractivity contribution in [1.29, 1.82) is 0 Å². The average molecular weight is 451 g/mol. The fraction of sp³-hybridized carbons (Fsp3) is 0.458. The highest BCUT2D eigenvalue weighted by atomic mass is 19.1. The lowest BCUT2D eigenvalue weighted by atomic mass is 9.94. The average Bonchev–Trinajstić information content (AvgIpc) is 3.59. The van der Waals surface area contributed by atoms with Gasteiger partial charge >= 0.3 is 0 Å². The standard InChI is InChI=1S/C24H27FN6O2/c25-24(14-26-15-24)21-11-17(3-7-27-21)29-22-12-19(4-8-28-22)33-20-13-31(18-1-2-18)30-23(20)16-5-9-32-10-6-16/h3-4,7-8,11-13,16,18,26H,1-2,5-6,9-10,14-15H2,(H,27,28,29). The Morgan fingerprint density at radius 1 is 1.09 bits per heavy atom. The molecule has 0 radical (unpaired) electrons. The Hall–Kier alpha value is -3.04. The first-order valence-corrected chi connectivity index (χ1v) is 11.6. The predicted octanol–water partition coefficient (Wildman–Crippen LogP) is 4.21. The number of pyridine rings is 2. The largest absolute Gasteiger partial charge is 0.454 e. The van der Waals surface area contributed by atoms with E-state index in [1.807, 2.05) is 18.3 Å². The quantitative estimate of drug-likeness (QED) is 0.558. The Balaban J connectivity index is 1.22. The Kier molecular flexibility index (Phi) is 5.22. The first-order chi connectivity index (χ1) is 16.2. The van der Waals surface area contributed by atoms with E-state index in [9.17, 15) is 4.39 Å². The summed E-state index contributed by atoms with van der Waals surface area (Å²) in [4.78, 5) is 8.61. The molecule has 2 saturated heterocycles. The SMILES string of the molecule is FC1(c2cc(Nc3cc(Oc4cn(C5CC5)nc4C4CCOCC4)ccn3)ccn2)CNC1. The van der Waals surface area contributed by atoms with Crippen molar-refractivity contribution in [2.24, 2.45) is 0 Å². The summed E-state index contributed by atoms with van der Waals surface area (Å²) >= 11 is 0. The summed E-state index contributed by atoms with van der Waals surface area (Å²) in [5, 5.41) is 11.1. The fourth-order valence-corrected chi connectivity index (χ4v) is 4.34. The van der Waals surface area contributed by atoms with Crippen LogP contribution in [0.2, 0.25) is 0 Å². The summed E-state index contributed by atoms with van der Waals surface area (Å²) in [5.41, 5.74) is 0.765. The summed E-state index contributed by atoms with van der Waals surface area (Å²) in [6.07, 6.45) is 9.59. The van der Waals surface area contributed by atoms with Gasteiger partial charge in [0.15, 0.2) is 11.4 Å². The van der Waals surface area contributed by atoms with E-state index in [1.54, 1.807) is 24.5 Å². The first-order valence-electron chi connectivity index (χ1n) is 11.6. The molecule has 0 atom stereocenters. The van der Waals surface area contributed by atoms with Gasteiger partial charge in [-0.1, -0.05) is 0 Å². The van der Waals surface area contributed by atoms with Gasteiger partial charge in [-0.3, -0.25) is 9.67 Å². The molecule has 0 spiro atoms. The van der Waals surface area contributed by atoms with Crippen LogP contribution in [0, 0.1) is 0 Å². The van der Waals surface area contributed by atoms with Crippen LogP contribution in [0.1, 0.15) is 49.0 Å². The van der Waals surface area contributed by atoms with E-state index in [4.69, 9.17) is 14.6 Å². The van der Waals surface area contributed by atoms with Gasteiger partial charge in [0, 0.05) is 56.4 Å². The molecule has 0 bridgehead atoms. The molecule has 172 valence electrons. The summed E-state index contributed by atoms with van der Waals surface area (Å²) in [5.74, 6) is 2.44. The maximum Gasteiger partial charge on any atom is 0.177 e. The number of rotatable bonds is 7. The number of nitrogens with zero attached hydrogens (tertiary/aromatic N) is 4. The lowest BCUT2D eigenvalue weighted by molar-refractivity contribution is 0.0839. The molecule has 5 heterocycles. The number of ether oxygens (including phenoxy) is 2. The zero-order chi connectivity index (χ0) is 22.3. The molecule has 2 aliphatic heterocycles. The van der Waals surface area contributed by atoms with Gasteiger partial charge in [-0.15, -0.1) is 0 Å². The van der Waals surface area contributed by atoms with Crippen molar-refractivity contribution in [2.45, 2.75) is 43.3 Å². The third-order valence-corrected chi connectivity index (χ3v) is 6.52. The molecule has 0 unspecified atom stereocenters. The van der Waals surface area contributed by atoms with Crippen molar-refractivity contribution >= 4 is 11.5 Å². The second-order valence-electron chi connectivity index (χ2n) is 9.08. The van der Waals surface area contributed by atoms with E-state index >= 15 is 0 Å². The van der Waals surface area contributed by atoms with E-state index in [1.165, 1.54) is 12.8 Å². The number of alkyl halides is 1. The van der Waals surface area contributed by atoms with Gasteiger partial charge in [-0.05, 0) is 43.9 Å². The van der Waals surface area contributed by atoms with Gasteiger partial charge < -0.3 is 20.1 Å². The number of halogens is 1. The molecular formula is C24H27FN6O2. The van der Waals surface area contributed by atoms with Crippen LogP contribution in [0.5, 0.6) is 11.5 Å². The zero-order valence-corrected chi connectivity index (χ0v) is 18.3. The predicted molar refractivity (Wildman–Crippen MR) is 121 cm³/mol. The van der Waals surface area contributed by atoms with E-state index in [-0.39, 0.29) is 13.1 Å². The molecule has 0 amide bonds. The van der Waals surface area contributed by atoms with Crippen molar-refractivity contribution in [3.05, 3.63) is 54.2 Å². The van der Waals surface area contributed by atoms with Gasteiger partial charge in [0.05, 0.1) is 17.9 Å². The summed E-state index contributed by atoms with van der Waals surface area (Å²) < 4.78 is 28.6. The Morgan fingerprint density at radius 2 is 1.91 bits per heavy atom. The third-order valence-electron chi connectivity index (χ3n) is 6.52. The maximum absolute atomic E-state index is 14.7. The van der Waals surface area contributed by atoms with E-state index in [2.05, 4.69) is 25.3 Å². The summed E-state index contributed by atoms with van der Waals surface area (Å²) in [7, 11) is 0. The molecule has 1 saturated carbocycles. The number of nitrogens with one attached hydrogen (secondary N) is 2. The van der Waals surface area contributed by atoms with Crippen LogP contribution in [0.4, 0.5) is 15.9 Å². The molecule has 33 heavy (non-hydrogen) atoms. The molecule has 3 fully saturated rings. The molecule has 2 N–H and O–H groups in total. The molecule has 3 aromatic heterocycles. The van der Waals surface area contributed by atoms with Crippen LogP contribution in [0.15, 0.2) is 42.9 Å². The van der Waals surface area contributed by atoms with E-state index in [0.29, 0.717) is 29.2 Å². The summed E-state index contributed by atoms with van der Waals surface area (Å²) in [6, 6.07) is 7.71. The minimum absolute atomic E-state index is 0.287. The highest BCUT2D eigenvalue weighted by Gasteiger charge is 2.40. The van der Waals surface area contributed by atoms with Crippen molar-refractivity contribution < 1.29 is 13.9 Å². The lowest BCUT2D eigenvalue weighted by Crippen LogP contribution is -2.54. The molecule has 6 rings (SSSR count). The third kappa shape index (κ3) is 4.30. The molecule has 8 nitrogen and oxygen atoms in total. The van der Waals surface area contributed by atoms with Crippen LogP contribution in [-0.2, 0) is 10.4 Å². The highest BCUT2D eigenvalue weighted by molar-refractivity contribution is 5.58. The van der Waals surface area contributed by atoms with Crippen molar-refractivity contribution in [3.63, 3.8) is 0 Å². The topological polar surface area (TPSA) is 86.1 Å². The molecule has 0 aromatic carbocycles. The minimum Gasteiger partial charge on any atom is -0.454 e. The molecule has 3 aliphatic rings. The second kappa shape index (κ2) is 8.39. The Labute approximate surface area is 191 Å². The lowest BCUT2D eigenvalue weighted by Gasteiger charge is -2.34. The fourth-order valence-electron chi connectivity index (χ4n) is 4.34. The van der Waals surface area contributed by atoms with Crippen LogP contribution >= 0.6 is 0 Å². The molecule has 9 heteroatoms. The van der Waals surface area contributed by atoms with E-state index in [0.717, 1.165) is 43.2 Å².